The summed E-state index contributed by atoms with van der Waals surface area (Å²) in [5, 5.41) is 0. The number of carbonyl (C=O) groups excluding carboxylic acids is 2. The number of hydrogen-bond donors (Lipinski definition) is 1. The van der Waals surface area contributed by atoms with Gasteiger partial charge in [-0.1, -0.05) is 18.2 Å². The summed E-state index contributed by atoms with van der Waals surface area (Å²) in [6.07, 6.45) is 4.00. The Balaban J connectivity index is 1.43. The van der Waals surface area contributed by atoms with Crippen LogP contribution in [0.1, 0.15) is 56.3 Å². The summed E-state index contributed by atoms with van der Waals surface area (Å²) < 4.78 is 35.1. The van der Waals surface area contributed by atoms with Gasteiger partial charge in [-0.05, 0) is 88.7 Å². The lowest BCUT2D eigenvalue weighted by molar-refractivity contribution is -0.123. The van der Waals surface area contributed by atoms with E-state index in [1.807, 2.05) is 0 Å². The van der Waals surface area contributed by atoms with Gasteiger partial charge in [-0.3, -0.25) is 9.59 Å². The van der Waals surface area contributed by atoms with Crippen molar-refractivity contribution in [1.29, 1.82) is 0 Å². The minimum Gasteiger partial charge on any atom is -0.493 e. The van der Waals surface area contributed by atoms with Crippen LogP contribution in [0.15, 0.2) is 42.5 Å². The first-order valence-corrected chi connectivity index (χ1v) is 13.2. The van der Waals surface area contributed by atoms with E-state index in [2.05, 4.69) is 4.90 Å². The molecule has 37 heavy (non-hydrogen) atoms. The van der Waals surface area contributed by atoms with E-state index < -0.39 is 23.4 Å². The van der Waals surface area contributed by atoms with Crippen molar-refractivity contribution in [2.24, 2.45) is 11.7 Å². The fourth-order valence-corrected chi connectivity index (χ4v) is 5.39. The second kappa shape index (κ2) is 11.6. The Bertz CT molecular complexity index is 1110. The zero-order chi connectivity index (χ0) is 26.6. The standard InChI is InChI=1S/C29H37F2N3O3/c1-29(2,31)19-33-15-12-20(13-16-33)18-37-21-10-11-23(25(30)17-21)22-7-3-4-8-24(22)28(36)34-14-6-5-9-26(34)27(32)35/h3-4,7-8,10-11,17,20,26H,5-6,9,12-16,18-19H2,1-2H3,(H2,32,35)/t26-/m1/s1. The molecule has 2 aromatic rings. The number of piperidine rings is 2. The molecule has 2 heterocycles. The molecular formula is C29H37F2N3O3. The molecule has 2 fully saturated rings. The number of likely N-dealkylation sites (tertiary alicyclic amines) is 2. The van der Waals surface area contributed by atoms with Gasteiger partial charge in [0.1, 0.15) is 23.3 Å². The monoisotopic (exact) mass is 513 g/mol. The molecule has 0 aromatic heterocycles. The van der Waals surface area contributed by atoms with Crippen molar-refractivity contribution < 1.29 is 23.1 Å². The molecule has 0 bridgehead atoms. The maximum absolute atomic E-state index is 15.3. The largest absolute Gasteiger partial charge is 0.493 e. The predicted octanol–water partition coefficient (Wildman–Crippen LogP) is 4.81. The molecule has 2 N–H and O–H groups in total. The van der Waals surface area contributed by atoms with Gasteiger partial charge in [0.25, 0.3) is 5.91 Å². The summed E-state index contributed by atoms with van der Waals surface area (Å²) in [5.74, 6) is -0.552. The number of nitrogens with two attached hydrogens (primary N) is 1. The molecule has 8 heteroatoms. The Morgan fingerprint density at radius 2 is 1.76 bits per heavy atom. The number of ether oxygens (including phenoxy) is 1. The van der Waals surface area contributed by atoms with Crippen LogP contribution in [0.25, 0.3) is 11.1 Å². The van der Waals surface area contributed by atoms with Crippen LogP contribution in [0.3, 0.4) is 0 Å². The smallest absolute Gasteiger partial charge is 0.255 e. The van der Waals surface area contributed by atoms with Crippen LogP contribution in [0, 0.1) is 11.7 Å². The molecule has 2 aliphatic heterocycles. The predicted molar refractivity (Wildman–Crippen MR) is 140 cm³/mol. The van der Waals surface area contributed by atoms with Gasteiger partial charge in [0.2, 0.25) is 5.91 Å². The fourth-order valence-electron chi connectivity index (χ4n) is 5.39. The van der Waals surface area contributed by atoms with Crippen LogP contribution < -0.4 is 10.5 Å². The van der Waals surface area contributed by atoms with Crippen molar-refractivity contribution in [3.63, 3.8) is 0 Å². The van der Waals surface area contributed by atoms with E-state index in [9.17, 15) is 14.0 Å². The van der Waals surface area contributed by atoms with Crippen LogP contribution in [0.4, 0.5) is 8.78 Å². The maximum Gasteiger partial charge on any atom is 0.255 e. The lowest BCUT2D eigenvalue weighted by atomic mass is 9.95. The van der Waals surface area contributed by atoms with E-state index in [-0.39, 0.29) is 5.91 Å². The molecule has 2 aromatic carbocycles. The molecule has 6 nitrogen and oxygen atoms in total. The first-order valence-electron chi connectivity index (χ1n) is 13.2. The average molecular weight is 514 g/mol. The SMILES string of the molecule is CC(C)(F)CN1CCC(COc2ccc(-c3ccccc3C(=O)N3CCCC[C@@H]3C(N)=O)c(F)c2)CC1. The second-order valence-electron chi connectivity index (χ2n) is 10.8. The summed E-state index contributed by atoms with van der Waals surface area (Å²) in [4.78, 5) is 29.0. The first kappa shape index (κ1) is 27.0. The molecule has 4 rings (SSSR count). The third-order valence-electron chi connectivity index (χ3n) is 7.27. The number of alkyl halides is 1. The first-order chi connectivity index (χ1) is 17.6. The molecule has 0 unspecified atom stereocenters. The summed E-state index contributed by atoms with van der Waals surface area (Å²) >= 11 is 0. The van der Waals surface area contributed by atoms with E-state index in [1.54, 1.807) is 50.2 Å². The summed E-state index contributed by atoms with van der Waals surface area (Å²) in [7, 11) is 0. The Morgan fingerprint density at radius 1 is 1.03 bits per heavy atom. The van der Waals surface area contributed by atoms with Gasteiger partial charge in [0, 0.05) is 30.3 Å². The number of carbonyl (C=O) groups is 2. The third-order valence-corrected chi connectivity index (χ3v) is 7.27. The molecule has 0 spiro atoms. The molecular weight excluding hydrogens is 476 g/mol. The minimum absolute atomic E-state index is 0.297. The number of hydrogen-bond acceptors (Lipinski definition) is 4. The van der Waals surface area contributed by atoms with Crippen molar-refractivity contribution in [2.75, 3.05) is 32.8 Å². The van der Waals surface area contributed by atoms with E-state index >= 15 is 4.39 Å². The molecule has 0 aliphatic carbocycles. The topological polar surface area (TPSA) is 75.9 Å². The van der Waals surface area contributed by atoms with Gasteiger partial charge >= 0.3 is 0 Å². The molecule has 2 amide bonds. The van der Waals surface area contributed by atoms with Crippen molar-refractivity contribution in [1.82, 2.24) is 9.80 Å². The summed E-state index contributed by atoms with van der Waals surface area (Å²) in [6, 6.07) is 10.9. The van der Waals surface area contributed by atoms with Gasteiger partial charge < -0.3 is 20.3 Å². The third kappa shape index (κ3) is 6.86. The molecule has 0 saturated carbocycles. The number of benzene rings is 2. The molecule has 2 aliphatic rings. The van der Waals surface area contributed by atoms with Gasteiger partial charge in [-0.15, -0.1) is 0 Å². The molecule has 1 atom stereocenters. The highest BCUT2D eigenvalue weighted by atomic mass is 19.1. The Kier molecular flexibility index (Phi) is 8.47. The van der Waals surface area contributed by atoms with E-state index in [0.29, 0.717) is 54.5 Å². The average Bonchev–Trinajstić information content (AvgIpc) is 2.87. The Morgan fingerprint density at radius 3 is 2.43 bits per heavy atom. The van der Waals surface area contributed by atoms with Crippen LogP contribution in [-0.4, -0.2) is 66.1 Å². The van der Waals surface area contributed by atoms with E-state index in [4.69, 9.17) is 10.5 Å². The normalized spacial score (nSPS) is 19.6. The highest BCUT2D eigenvalue weighted by Crippen LogP contribution is 2.31. The zero-order valence-corrected chi connectivity index (χ0v) is 21.7. The van der Waals surface area contributed by atoms with E-state index in [1.165, 1.54) is 11.0 Å². The summed E-state index contributed by atoms with van der Waals surface area (Å²) in [6.45, 7) is 6.20. The zero-order valence-electron chi connectivity index (χ0n) is 21.7. The molecule has 200 valence electrons. The van der Waals surface area contributed by atoms with Gasteiger partial charge in [0.15, 0.2) is 0 Å². The van der Waals surface area contributed by atoms with Crippen LogP contribution in [0.2, 0.25) is 0 Å². The fraction of sp³-hybridized carbons (Fsp3) is 0.517. The van der Waals surface area contributed by atoms with Gasteiger partial charge in [-0.25, -0.2) is 8.78 Å². The van der Waals surface area contributed by atoms with Crippen molar-refractivity contribution in [3.8, 4) is 16.9 Å². The maximum atomic E-state index is 15.3. The minimum atomic E-state index is -1.21. The summed E-state index contributed by atoms with van der Waals surface area (Å²) in [5.41, 5.74) is 5.45. The lowest BCUT2D eigenvalue weighted by Crippen LogP contribution is -2.50. The quantitative estimate of drug-likeness (QED) is 0.550. The van der Waals surface area contributed by atoms with Crippen molar-refractivity contribution in [2.45, 2.75) is 57.7 Å². The molecule has 0 radical (unpaired) electrons. The van der Waals surface area contributed by atoms with Gasteiger partial charge in [-0.2, -0.15) is 0 Å². The second-order valence-corrected chi connectivity index (χ2v) is 10.8. The van der Waals surface area contributed by atoms with Crippen LogP contribution in [0.5, 0.6) is 5.75 Å². The number of primary amides is 1. The number of amides is 2. The van der Waals surface area contributed by atoms with Crippen molar-refractivity contribution in [3.05, 3.63) is 53.8 Å². The number of nitrogens with zero attached hydrogens (tertiary/aromatic N) is 2. The number of halogens is 2. The highest BCUT2D eigenvalue weighted by Gasteiger charge is 2.32. The number of rotatable bonds is 8. The van der Waals surface area contributed by atoms with E-state index in [0.717, 1.165) is 38.8 Å². The van der Waals surface area contributed by atoms with Crippen LogP contribution >= 0.6 is 0 Å². The Hall–Kier alpha value is -3.00. The van der Waals surface area contributed by atoms with Gasteiger partial charge in [0.05, 0.1) is 6.61 Å². The highest BCUT2D eigenvalue weighted by molar-refractivity contribution is 6.02. The van der Waals surface area contributed by atoms with Crippen LogP contribution in [-0.2, 0) is 4.79 Å². The Labute approximate surface area is 217 Å². The lowest BCUT2D eigenvalue weighted by Gasteiger charge is -2.34. The van der Waals surface area contributed by atoms with Crippen molar-refractivity contribution >= 4 is 11.8 Å². The molecule has 2 saturated heterocycles.